The van der Waals surface area contributed by atoms with Crippen LogP contribution < -0.4 is 9.64 Å². The van der Waals surface area contributed by atoms with Crippen molar-refractivity contribution in [3.8, 4) is 5.75 Å². The second-order valence-corrected chi connectivity index (χ2v) is 8.19. The quantitative estimate of drug-likeness (QED) is 0.448. The molecule has 0 aliphatic carbocycles. The van der Waals surface area contributed by atoms with Crippen molar-refractivity contribution < 1.29 is 34.1 Å². The molecular formula is C25H31N3O7. The highest BCUT2D eigenvalue weighted by molar-refractivity contribution is 6.27. The largest absolute Gasteiger partial charge is 0.491 e. The molecule has 2 aliphatic rings. The minimum atomic E-state index is -1.82. The number of carboxylic acids is 2. The molecule has 3 heterocycles. The van der Waals surface area contributed by atoms with E-state index in [4.69, 9.17) is 29.3 Å². The van der Waals surface area contributed by atoms with Crippen LogP contribution in [-0.2, 0) is 20.7 Å². The van der Waals surface area contributed by atoms with E-state index >= 15 is 0 Å². The number of fused-ring (bicyclic) bond motifs is 1. The van der Waals surface area contributed by atoms with Crippen molar-refractivity contribution >= 4 is 23.5 Å². The lowest BCUT2D eigenvalue weighted by Crippen LogP contribution is -2.37. The van der Waals surface area contributed by atoms with Gasteiger partial charge in [-0.1, -0.05) is 12.1 Å². The highest BCUT2D eigenvalue weighted by atomic mass is 16.5. The van der Waals surface area contributed by atoms with Crippen LogP contribution >= 0.6 is 0 Å². The van der Waals surface area contributed by atoms with E-state index in [9.17, 15) is 4.79 Å². The molecule has 0 saturated carbocycles. The summed E-state index contributed by atoms with van der Waals surface area (Å²) in [6, 6.07) is 9.73. The molecule has 0 bridgehead atoms. The van der Waals surface area contributed by atoms with Crippen molar-refractivity contribution in [1.82, 2.24) is 9.88 Å². The van der Waals surface area contributed by atoms with Crippen molar-refractivity contribution in [2.45, 2.75) is 25.7 Å². The molecular weight excluding hydrogens is 454 g/mol. The molecule has 4 rings (SSSR count). The Hall–Kier alpha value is -3.50. The number of amides is 1. The number of hydrogen-bond acceptors (Lipinski definition) is 7. The molecule has 188 valence electrons. The van der Waals surface area contributed by atoms with Crippen molar-refractivity contribution in [2.75, 3.05) is 50.9 Å². The molecule has 0 unspecified atom stereocenters. The van der Waals surface area contributed by atoms with E-state index in [1.54, 1.807) is 18.5 Å². The lowest BCUT2D eigenvalue weighted by molar-refractivity contribution is -0.159. The van der Waals surface area contributed by atoms with Gasteiger partial charge in [0.05, 0.1) is 31.1 Å². The summed E-state index contributed by atoms with van der Waals surface area (Å²) in [6.45, 7) is 6.19. The predicted octanol–water partition coefficient (Wildman–Crippen LogP) is 2.32. The number of aliphatic carboxylic acids is 2. The van der Waals surface area contributed by atoms with Crippen LogP contribution in [0.2, 0.25) is 0 Å². The molecule has 0 spiro atoms. The number of unbranched alkanes of at least 4 members (excludes halogenated alkanes) is 1. The van der Waals surface area contributed by atoms with E-state index in [1.807, 2.05) is 23.1 Å². The molecule has 1 fully saturated rings. The first kappa shape index (κ1) is 26.1. The lowest BCUT2D eigenvalue weighted by atomic mass is 10.00. The van der Waals surface area contributed by atoms with Gasteiger partial charge in [0, 0.05) is 32.0 Å². The average molecular weight is 486 g/mol. The third kappa shape index (κ3) is 7.76. The molecule has 10 nitrogen and oxygen atoms in total. The molecule has 2 aliphatic heterocycles. The summed E-state index contributed by atoms with van der Waals surface area (Å²) in [7, 11) is 0. The maximum absolute atomic E-state index is 13.1. The van der Waals surface area contributed by atoms with Crippen molar-refractivity contribution in [1.29, 1.82) is 0 Å². The molecule has 10 heteroatoms. The van der Waals surface area contributed by atoms with E-state index in [2.05, 4.69) is 16.0 Å². The minimum Gasteiger partial charge on any atom is -0.491 e. The second-order valence-electron chi connectivity index (χ2n) is 8.19. The number of carboxylic acid groups (broad SMARTS) is 2. The Labute approximate surface area is 204 Å². The van der Waals surface area contributed by atoms with E-state index in [0.717, 1.165) is 70.0 Å². The Kier molecular flexibility index (Phi) is 10.00. The number of nitrogens with zero attached hydrogens (tertiary/aromatic N) is 3. The molecule has 1 aromatic heterocycles. The number of ether oxygens (including phenoxy) is 2. The third-order valence-corrected chi connectivity index (χ3v) is 5.75. The van der Waals surface area contributed by atoms with Gasteiger partial charge in [-0.25, -0.2) is 9.59 Å². The van der Waals surface area contributed by atoms with Crippen LogP contribution in [-0.4, -0.2) is 83.9 Å². The van der Waals surface area contributed by atoms with Gasteiger partial charge in [0.25, 0.3) is 5.91 Å². The fraction of sp³-hybridized carbons (Fsp3) is 0.440. The number of para-hydroxylation sites is 1. The Balaban J connectivity index is 0.000000509. The summed E-state index contributed by atoms with van der Waals surface area (Å²) < 4.78 is 11.6. The number of aromatic nitrogens is 1. The number of aryl methyl sites for hydroxylation is 1. The molecule has 35 heavy (non-hydrogen) atoms. The highest BCUT2D eigenvalue weighted by Crippen LogP contribution is 2.37. The number of benzene rings is 1. The first-order valence-electron chi connectivity index (χ1n) is 11.7. The minimum absolute atomic E-state index is 0.0117. The van der Waals surface area contributed by atoms with E-state index in [1.165, 1.54) is 5.56 Å². The monoisotopic (exact) mass is 485 g/mol. The zero-order valence-electron chi connectivity index (χ0n) is 19.6. The summed E-state index contributed by atoms with van der Waals surface area (Å²) in [4.78, 5) is 39.7. The number of carbonyl (C=O) groups excluding carboxylic acids is 1. The van der Waals surface area contributed by atoms with E-state index < -0.39 is 11.9 Å². The number of anilines is 1. The van der Waals surface area contributed by atoms with Gasteiger partial charge in [0.15, 0.2) is 0 Å². The van der Waals surface area contributed by atoms with Crippen molar-refractivity contribution in [3.63, 3.8) is 0 Å². The van der Waals surface area contributed by atoms with Gasteiger partial charge < -0.3 is 24.6 Å². The van der Waals surface area contributed by atoms with Crippen LogP contribution in [0.15, 0.2) is 42.7 Å². The predicted molar refractivity (Wildman–Crippen MR) is 128 cm³/mol. The van der Waals surface area contributed by atoms with Gasteiger partial charge in [0.1, 0.15) is 5.75 Å². The molecule has 0 radical (unpaired) electrons. The Bertz CT molecular complexity index is 982. The van der Waals surface area contributed by atoms with Crippen LogP contribution in [0.3, 0.4) is 0 Å². The molecule has 1 aromatic carbocycles. The number of pyridine rings is 1. The fourth-order valence-electron chi connectivity index (χ4n) is 4.02. The standard InChI is InChI=1S/C23H29N3O3.C2H2O4/c27-23(20-7-4-10-24-18-20)26-12-5-8-19-6-3-9-21(22(19)26)29-15-2-1-11-25-13-16-28-17-14-25;3-1(4)2(5)6/h3-4,6-7,9-10,18H,1-2,5,8,11-17H2;(H,3,4)(H,5,6). The van der Waals surface area contributed by atoms with Crippen molar-refractivity contribution in [2.24, 2.45) is 0 Å². The second kappa shape index (κ2) is 13.4. The Morgan fingerprint density at radius 3 is 2.46 bits per heavy atom. The summed E-state index contributed by atoms with van der Waals surface area (Å²) in [6.07, 6.45) is 7.35. The van der Waals surface area contributed by atoms with E-state index in [-0.39, 0.29) is 5.91 Å². The van der Waals surface area contributed by atoms with Crippen LogP contribution in [0.4, 0.5) is 5.69 Å². The Morgan fingerprint density at radius 1 is 1.00 bits per heavy atom. The number of morpholine rings is 1. The molecule has 0 atom stereocenters. The van der Waals surface area contributed by atoms with Crippen molar-refractivity contribution in [3.05, 3.63) is 53.9 Å². The van der Waals surface area contributed by atoms with Crippen LogP contribution in [0.5, 0.6) is 5.75 Å². The normalized spacial score (nSPS) is 15.4. The summed E-state index contributed by atoms with van der Waals surface area (Å²) in [5.74, 6) is -2.85. The SMILES string of the molecule is O=C(O)C(=O)O.O=C(c1cccnc1)N1CCCc2cccc(OCCCCN3CCOCC3)c21. The highest BCUT2D eigenvalue weighted by Gasteiger charge is 2.27. The van der Waals surface area contributed by atoms with Crippen LogP contribution in [0.1, 0.15) is 35.2 Å². The van der Waals surface area contributed by atoms with Crippen LogP contribution in [0, 0.1) is 0 Å². The molecule has 2 N–H and O–H groups in total. The maximum atomic E-state index is 13.1. The van der Waals surface area contributed by atoms with Gasteiger partial charge in [-0.05, 0) is 56.0 Å². The van der Waals surface area contributed by atoms with Crippen LogP contribution in [0.25, 0.3) is 0 Å². The van der Waals surface area contributed by atoms with E-state index in [0.29, 0.717) is 18.7 Å². The molecule has 1 saturated heterocycles. The fourth-order valence-corrected chi connectivity index (χ4v) is 4.02. The summed E-state index contributed by atoms with van der Waals surface area (Å²) in [5, 5.41) is 14.8. The molecule has 2 aromatic rings. The number of hydrogen-bond donors (Lipinski definition) is 2. The number of carbonyl (C=O) groups is 3. The Morgan fingerprint density at radius 2 is 1.77 bits per heavy atom. The smallest absolute Gasteiger partial charge is 0.414 e. The first-order chi connectivity index (χ1) is 17.0. The summed E-state index contributed by atoms with van der Waals surface area (Å²) >= 11 is 0. The first-order valence-corrected chi connectivity index (χ1v) is 11.7. The maximum Gasteiger partial charge on any atom is 0.414 e. The third-order valence-electron chi connectivity index (χ3n) is 5.75. The van der Waals surface area contributed by atoms with Gasteiger partial charge >= 0.3 is 11.9 Å². The van der Waals surface area contributed by atoms with Gasteiger partial charge in [-0.15, -0.1) is 0 Å². The average Bonchev–Trinajstić information content (AvgIpc) is 2.89. The van der Waals surface area contributed by atoms with Gasteiger partial charge in [-0.3, -0.25) is 14.7 Å². The zero-order valence-corrected chi connectivity index (χ0v) is 19.6. The number of rotatable bonds is 7. The molecule has 1 amide bonds. The van der Waals surface area contributed by atoms with Gasteiger partial charge in [-0.2, -0.15) is 0 Å². The lowest BCUT2D eigenvalue weighted by Gasteiger charge is -2.31. The van der Waals surface area contributed by atoms with Gasteiger partial charge in [0.2, 0.25) is 0 Å². The topological polar surface area (TPSA) is 129 Å². The summed E-state index contributed by atoms with van der Waals surface area (Å²) in [5.41, 5.74) is 2.72. The zero-order chi connectivity index (χ0) is 25.0.